The Morgan fingerprint density at radius 3 is 2.59 bits per heavy atom. The number of nitrogens with zero attached hydrogens (tertiary/aromatic N) is 2. The molecule has 0 aliphatic heterocycles. The SMILES string of the molecule is Cc1ccc(C)c(Cn2c(=O)n(CCCCC(=O)NCc3cccs3)c(=O)c3ccccc32)c1. The number of unbranched alkanes of at least 4 members (excludes halogenated alkanes) is 1. The van der Waals surface area contributed by atoms with E-state index in [4.69, 9.17) is 0 Å². The lowest BCUT2D eigenvalue weighted by Crippen LogP contribution is -2.40. The average molecular weight is 476 g/mol. The first-order valence-corrected chi connectivity index (χ1v) is 12.4. The van der Waals surface area contributed by atoms with Crippen molar-refractivity contribution in [3.8, 4) is 0 Å². The number of hydrogen-bond acceptors (Lipinski definition) is 4. The second-order valence-electron chi connectivity index (χ2n) is 8.59. The molecule has 2 aromatic carbocycles. The molecule has 2 heterocycles. The van der Waals surface area contributed by atoms with Gasteiger partial charge in [0.05, 0.1) is 24.0 Å². The van der Waals surface area contributed by atoms with Crippen molar-refractivity contribution in [3.05, 3.63) is 102 Å². The van der Waals surface area contributed by atoms with E-state index in [0.29, 0.717) is 43.3 Å². The molecule has 6 nitrogen and oxygen atoms in total. The van der Waals surface area contributed by atoms with Gasteiger partial charge in [0.2, 0.25) is 5.91 Å². The van der Waals surface area contributed by atoms with E-state index in [-0.39, 0.29) is 23.7 Å². The summed E-state index contributed by atoms with van der Waals surface area (Å²) in [5, 5.41) is 5.42. The van der Waals surface area contributed by atoms with E-state index in [0.717, 1.165) is 21.6 Å². The molecule has 0 bridgehead atoms. The summed E-state index contributed by atoms with van der Waals surface area (Å²) >= 11 is 1.61. The maximum atomic E-state index is 13.4. The maximum absolute atomic E-state index is 13.4. The third kappa shape index (κ3) is 5.37. The first kappa shape index (κ1) is 23.7. The number of carbonyl (C=O) groups is 1. The second-order valence-corrected chi connectivity index (χ2v) is 9.62. The van der Waals surface area contributed by atoms with E-state index in [2.05, 4.69) is 23.5 Å². The van der Waals surface area contributed by atoms with Gasteiger partial charge in [0.1, 0.15) is 0 Å². The van der Waals surface area contributed by atoms with Gasteiger partial charge in [0.15, 0.2) is 0 Å². The highest BCUT2D eigenvalue weighted by Crippen LogP contribution is 2.15. The van der Waals surface area contributed by atoms with Gasteiger partial charge in [-0.05, 0) is 61.4 Å². The van der Waals surface area contributed by atoms with E-state index >= 15 is 0 Å². The van der Waals surface area contributed by atoms with Gasteiger partial charge in [-0.2, -0.15) is 0 Å². The third-order valence-electron chi connectivity index (χ3n) is 6.04. The zero-order valence-electron chi connectivity index (χ0n) is 19.5. The van der Waals surface area contributed by atoms with Crippen molar-refractivity contribution in [2.75, 3.05) is 0 Å². The number of fused-ring (bicyclic) bond motifs is 1. The van der Waals surface area contributed by atoms with Crippen LogP contribution in [0.3, 0.4) is 0 Å². The van der Waals surface area contributed by atoms with Crippen LogP contribution in [-0.4, -0.2) is 15.0 Å². The van der Waals surface area contributed by atoms with Crippen molar-refractivity contribution < 1.29 is 4.79 Å². The first-order chi connectivity index (χ1) is 16.4. The van der Waals surface area contributed by atoms with Crippen molar-refractivity contribution in [1.29, 1.82) is 0 Å². The molecule has 2 aromatic heterocycles. The fourth-order valence-electron chi connectivity index (χ4n) is 4.10. The van der Waals surface area contributed by atoms with E-state index in [9.17, 15) is 14.4 Å². The molecule has 1 N–H and O–H groups in total. The Hall–Kier alpha value is -3.45. The molecule has 4 aromatic rings. The van der Waals surface area contributed by atoms with Crippen molar-refractivity contribution in [2.45, 2.75) is 52.7 Å². The van der Waals surface area contributed by atoms with Crippen LogP contribution in [0.2, 0.25) is 0 Å². The molecule has 0 saturated carbocycles. The summed E-state index contributed by atoms with van der Waals surface area (Å²) in [6.07, 6.45) is 1.54. The number of amides is 1. The molecular formula is C27H29N3O3S. The van der Waals surface area contributed by atoms with Gasteiger partial charge in [-0.3, -0.25) is 18.7 Å². The largest absolute Gasteiger partial charge is 0.351 e. The lowest BCUT2D eigenvalue weighted by molar-refractivity contribution is -0.121. The number of nitrogens with one attached hydrogen (secondary N) is 1. The molecule has 34 heavy (non-hydrogen) atoms. The summed E-state index contributed by atoms with van der Waals surface area (Å²) in [5.41, 5.74) is 3.34. The minimum absolute atomic E-state index is 0.0217. The minimum Gasteiger partial charge on any atom is -0.351 e. The molecule has 176 valence electrons. The normalized spacial score (nSPS) is 11.1. The zero-order chi connectivity index (χ0) is 24.1. The molecule has 7 heteroatoms. The highest BCUT2D eigenvalue weighted by Gasteiger charge is 2.14. The summed E-state index contributed by atoms with van der Waals surface area (Å²) in [7, 11) is 0. The fraction of sp³-hybridized carbons (Fsp3) is 0.296. The highest BCUT2D eigenvalue weighted by atomic mass is 32.1. The van der Waals surface area contributed by atoms with Gasteiger partial charge >= 0.3 is 5.69 Å². The summed E-state index contributed by atoms with van der Waals surface area (Å²) in [6, 6.07) is 17.4. The Bertz CT molecular complexity index is 1420. The van der Waals surface area contributed by atoms with Crippen LogP contribution in [0.5, 0.6) is 0 Å². The average Bonchev–Trinajstić information content (AvgIpc) is 3.36. The molecular weight excluding hydrogens is 446 g/mol. The molecule has 0 unspecified atom stereocenters. The number of benzene rings is 2. The molecule has 0 aliphatic carbocycles. The van der Waals surface area contributed by atoms with E-state index in [1.54, 1.807) is 22.0 Å². The van der Waals surface area contributed by atoms with Crippen LogP contribution in [0.1, 0.15) is 40.8 Å². The Morgan fingerprint density at radius 1 is 0.971 bits per heavy atom. The molecule has 1 amide bonds. The number of carbonyl (C=O) groups excluding carboxylic acids is 1. The third-order valence-corrected chi connectivity index (χ3v) is 6.92. The number of para-hydroxylation sites is 1. The molecule has 4 rings (SSSR count). The summed E-state index contributed by atoms with van der Waals surface area (Å²) < 4.78 is 3.00. The molecule has 0 atom stereocenters. The van der Waals surface area contributed by atoms with Crippen molar-refractivity contribution in [1.82, 2.24) is 14.5 Å². The molecule has 0 radical (unpaired) electrons. The Kier molecular flexibility index (Phi) is 7.43. The minimum atomic E-state index is -0.313. The molecule has 0 fully saturated rings. The van der Waals surface area contributed by atoms with Gasteiger partial charge in [0, 0.05) is 17.8 Å². The Morgan fingerprint density at radius 2 is 1.79 bits per heavy atom. The quantitative estimate of drug-likeness (QED) is 0.365. The second kappa shape index (κ2) is 10.7. The lowest BCUT2D eigenvalue weighted by Gasteiger charge is -2.16. The van der Waals surface area contributed by atoms with Crippen LogP contribution in [-0.2, 0) is 24.4 Å². The summed E-state index contributed by atoms with van der Waals surface area (Å²) in [6.45, 7) is 5.28. The van der Waals surface area contributed by atoms with Gasteiger partial charge < -0.3 is 5.32 Å². The molecule has 0 aliphatic rings. The smallest absolute Gasteiger partial charge is 0.331 e. The monoisotopic (exact) mass is 475 g/mol. The van der Waals surface area contributed by atoms with Crippen molar-refractivity contribution in [3.63, 3.8) is 0 Å². The van der Waals surface area contributed by atoms with Gasteiger partial charge in [-0.1, -0.05) is 42.0 Å². The van der Waals surface area contributed by atoms with Crippen molar-refractivity contribution >= 4 is 28.1 Å². The van der Waals surface area contributed by atoms with E-state index in [1.165, 1.54) is 4.57 Å². The van der Waals surface area contributed by atoms with Crippen LogP contribution in [0.25, 0.3) is 10.9 Å². The summed E-state index contributed by atoms with van der Waals surface area (Å²) in [4.78, 5) is 39.8. The van der Waals surface area contributed by atoms with Crippen LogP contribution >= 0.6 is 11.3 Å². The predicted octanol–water partition coefficient (Wildman–Crippen LogP) is 4.38. The highest BCUT2D eigenvalue weighted by molar-refractivity contribution is 7.09. The Balaban J connectivity index is 1.51. The summed E-state index contributed by atoms with van der Waals surface area (Å²) in [5.74, 6) is -0.0217. The maximum Gasteiger partial charge on any atom is 0.331 e. The number of hydrogen-bond donors (Lipinski definition) is 1. The topological polar surface area (TPSA) is 73.1 Å². The number of rotatable bonds is 9. The van der Waals surface area contributed by atoms with Crippen LogP contribution < -0.4 is 16.6 Å². The van der Waals surface area contributed by atoms with Crippen LogP contribution in [0.4, 0.5) is 0 Å². The van der Waals surface area contributed by atoms with Gasteiger partial charge in [0.25, 0.3) is 5.56 Å². The first-order valence-electron chi connectivity index (χ1n) is 11.5. The standard InChI is InChI=1S/C27H29N3O3S/c1-19-12-13-20(2)21(16-19)18-30-24-10-4-3-9-23(24)26(32)29(27(30)33)14-6-5-11-25(31)28-17-22-8-7-15-34-22/h3-4,7-10,12-13,15-16H,5-6,11,14,17-18H2,1-2H3,(H,28,31). The zero-order valence-corrected chi connectivity index (χ0v) is 20.4. The van der Waals surface area contributed by atoms with E-state index < -0.39 is 0 Å². The van der Waals surface area contributed by atoms with Crippen LogP contribution in [0, 0.1) is 13.8 Å². The number of aryl methyl sites for hydroxylation is 2. The molecule has 0 saturated heterocycles. The predicted molar refractivity (Wildman–Crippen MR) is 138 cm³/mol. The fourth-order valence-corrected chi connectivity index (χ4v) is 4.75. The Labute approximate surface area is 202 Å². The molecule has 0 spiro atoms. The van der Waals surface area contributed by atoms with Gasteiger partial charge in [-0.25, -0.2) is 4.79 Å². The van der Waals surface area contributed by atoms with E-state index in [1.807, 2.05) is 49.6 Å². The number of aromatic nitrogens is 2. The van der Waals surface area contributed by atoms with Crippen LogP contribution in [0.15, 0.2) is 69.6 Å². The lowest BCUT2D eigenvalue weighted by atomic mass is 10.1. The number of thiophene rings is 1. The van der Waals surface area contributed by atoms with Gasteiger partial charge in [-0.15, -0.1) is 11.3 Å². The van der Waals surface area contributed by atoms with Crippen molar-refractivity contribution in [2.24, 2.45) is 0 Å².